The number of aromatic carboxylic acids is 1. The van der Waals surface area contributed by atoms with Crippen LogP contribution in [0.2, 0.25) is 0 Å². The average Bonchev–Trinajstić information content (AvgIpc) is 2.63. The third-order valence-corrected chi connectivity index (χ3v) is 5.73. The quantitative estimate of drug-likeness (QED) is 0.832. The van der Waals surface area contributed by atoms with Crippen LogP contribution in [0.4, 0.5) is 0 Å². The molecule has 1 aromatic rings. The number of furan rings is 1. The highest BCUT2D eigenvalue weighted by molar-refractivity contribution is 8.00. The van der Waals surface area contributed by atoms with Crippen molar-refractivity contribution in [3.63, 3.8) is 0 Å². The van der Waals surface area contributed by atoms with Crippen LogP contribution in [-0.4, -0.2) is 37.0 Å². The summed E-state index contributed by atoms with van der Waals surface area (Å²) in [5, 5.41) is 9.14. The van der Waals surface area contributed by atoms with Crippen LogP contribution in [0, 0.1) is 13.8 Å². The van der Waals surface area contributed by atoms with Gasteiger partial charge in [-0.25, -0.2) is 17.9 Å². The van der Waals surface area contributed by atoms with E-state index < -0.39 is 16.0 Å². The third-order valence-electron chi connectivity index (χ3n) is 2.93. The summed E-state index contributed by atoms with van der Waals surface area (Å²) in [5.41, 5.74) is -0.308. The third kappa shape index (κ3) is 3.56. The predicted molar refractivity (Wildman–Crippen MR) is 77.9 cm³/mol. The number of hydrogen-bond donors (Lipinski definition) is 2. The first-order chi connectivity index (χ1) is 9.02. The number of hydrogen-bond acceptors (Lipinski definition) is 5. The molecule has 0 aliphatic carbocycles. The van der Waals surface area contributed by atoms with Crippen LogP contribution in [0.3, 0.4) is 0 Å². The Bertz CT molecular complexity index is 616. The van der Waals surface area contributed by atoms with E-state index in [1.807, 2.05) is 20.1 Å². The summed E-state index contributed by atoms with van der Waals surface area (Å²) in [6, 6.07) is 0. The zero-order chi connectivity index (χ0) is 15.7. The molecule has 0 spiro atoms. The van der Waals surface area contributed by atoms with Crippen molar-refractivity contribution >= 4 is 27.8 Å². The SMILES string of the molecule is CSC(C)(C)CNS(=O)(=O)c1c(C)oc(C)c1C(=O)O. The average molecular weight is 321 g/mol. The van der Waals surface area contributed by atoms with Gasteiger partial charge in [0, 0.05) is 11.3 Å². The minimum Gasteiger partial charge on any atom is -0.478 e. The van der Waals surface area contributed by atoms with Crippen molar-refractivity contribution in [1.82, 2.24) is 4.72 Å². The first-order valence-corrected chi connectivity index (χ1v) is 8.60. The monoisotopic (exact) mass is 321 g/mol. The number of carboxylic acids is 1. The molecule has 1 heterocycles. The lowest BCUT2D eigenvalue weighted by Gasteiger charge is -2.22. The van der Waals surface area contributed by atoms with Gasteiger partial charge < -0.3 is 9.52 Å². The van der Waals surface area contributed by atoms with Crippen LogP contribution in [0.5, 0.6) is 0 Å². The van der Waals surface area contributed by atoms with Crippen LogP contribution in [0.1, 0.15) is 35.7 Å². The van der Waals surface area contributed by atoms with E-state index in [1.54, 1.807) is 0 Å². The van der Waals surface area contributed by atoms with E-state index in [0.29, 0.717) is 0 Å². The number of thioether (sulfide) groups is 1. The Hall–Kier alpha value is -0.990. The Kier molecular flexibility index (Phi) is 4.94. The molecular formula is C12H19NO5S2. The summed E-state index contributed by atoms with van der Waals surface area (Å²) in [7, 11) is -3.93. The molecule has 0 aliphatic heterocycles. The number of carboxylic acid groups (broad SMARTS) is 1. The molecule has 1 rings (SSSR count). The van der Waals surface area contributed by atoms with Crippen molar-refractivity contribution in [2.24, 2.45) is 0 Å². The zero-order valence-electron chi connectivity index (χ0n) is 12.1. The highest BCUT2D eigenvalue weighted by Gasteiger charge is 2.31. The second kappa shape index (κ2) is 5.79. The van der Waals surface area contributed by atoms with Gasteiger partial charge in [-0.15, -0.1) is 0 Å². The van der Waals surface area contributed by atoms with Crippen molar-refractivity contribution in [3.8, 4) is 0 Å². The van der Waals surface area contributed by atoms with Gasteiger partial charge in [0.25, 0.3) is 0 Å². The number of aryl methyl sites for hydroxylation is 2. The standard InChI is InChI=1S/C12H19NO5S2/c1-7-9(11(14)15)10(8(2)18-7)20(16,17)13-6-12(3,4)19-5/h13H,6H2,1-5H3,(H,14,15). The van der Waals surface area contributed by atoms with E-state index in [0.717, 1.165) is 0 Å². The Morgan fingerprint density at radius 2 is 1.90 bits per heavy atom. The molecule has 0 aliphatic rings. The Labute approximate surface area is 123 Å². The van der Waals surface area contributed by atoms with Gasteiger partial charge in [-0.05, 0) is 34.0 Å². The van der Waals surface area contributed by atoms with Gasteiger partial charge in [0.05, 0.1) is 0 Å². The van der Waals surface area contributed by atoms with Crippen LogP contribution < -0.4 is 4.72 Å². The molecule has 2 N–H and O–H groups in total. The Morgan fingerprint density at radius 1 is 1.35 bits per heavy atom. The maximum Gasteiger partial charge on any atom is 0.340 e. The van der Waals surface area contributed by atoms with Gasteiger partial charge in [-0.2, -0.15) is 11.8 Å². The zero-order valence-corrected chi connectivity index (χ0v) is 13.7. The van der Waals surface area contributed by atoms with Gasteiger partial charge in [-0.1, -0.05) is 0 Å². The first-order valence-electron chi connectivity index (χ1n) is 5.90. The topological polar surface area (TPSA) is 96.6 Å². The maximum atomic E-state index is 12.3. The summed E-state index contributed by atoms with van der Waals surface area (Å²) in [6.45, 7) is 6.85. The molecule has 20 heavy (non-hydrogen) atoms. The van der Waals surface area contributed by atoms with E-state index >= 15 is 0 Å². The van der Waals surface area contributed by atoms with Gasteiger partial charge in [0.1, 0.15) is 22.0 Å². The lowest BCUT2D eigenvalue weighted by atomic mass is 10.2. The van der Waals surface area contributed by atoms with Crippen molar-refractivity contribution < 1.29 is 22.7 Å². The lowest BCUT2D eigenvalue weighted by Crippen LogP contribution is -2.36. The minimum absolute atomic E-state index is 0.0781. The largest absolute Gasteiger partial charge is 0.478 e. The normalized spacial score (nSPS) is 12.7. The molecule has 114 valence electrons. The van der Waals surface area contributed by atoms with Gasteiger partial charge in [0.15, 0.2) is 0 Å². The van der Waals surface area contributed by atoms with Gasteiger partial charge >= 0.3 is 5.97 Å². The number of rotatable bonds is 6. The summed E-state index contributed by atoms with van der Waals surface area (Å²) >= 11 is 1.52. The minimum atomic E-state index is -3.93. The van der Waals surface area contributed by atoms with Gasteiger partial charge in [0.2, 0.25) is 10.0 Å². The number of sulfonamides is 1. The van der Waals surface area contributed by atoms with Gasteiger partial charge in [-0.3, -0.25) is 0 Å². The predicted octanol–water partition coefficient (Wildman–Crippen LogP) is 2.01. The van der Waals surface area contributed by atoms with E-state index in [4.69, 9.17) is 9.52 Å². The molecule has 0 amide bonds. The van der Waals surface area contributed by atoms with Crippen LogP contribution in [0.15, 0.2) is 9.31 Å². The van der Waals surface area contributed by atoms with E-state index in [-0.39, 0.29) is 33.3 Å². The van der Waals surface area contributed by atoms with Crippen LogP contribution in [0.25, 0.3) is 0 Å². The molecule has 0 fully saturated rings. The summed E-state index contributed by atoms with van der Waals surface area (Å²) in [5.74, 6) is -1.15. The van der Waals surface area contributed by atoms with E-state index in [1.165, 1.54) is 25.6 Å². The fourth-order valence-electron chi connectivity index (χ4n) is 1.65. The lowest BCUT2D eigenvalue weighted by molar-refractivity contribution is 0.0691. The highest BCUT2D eigenvalue weighted by atomic mass is 32.2. The molecule has 0 bridgehead atoms. The maximum absolute atomic E-state index is 12.3. The Morgan fingerprint density at radius 3 is 2.35 bits per heavy atom. The van der Waals surface area contributed by atoms with Crippen molar-refractivity contribution in [3.05, 3.63) is 17.1 Å². The summed E-state index contributed by atoms with van der Waals surface area (Å²) < 4.78 is 31.9. The molecule has 0 unspecified atom stereocenters. The fraction of sp³-hybridized carbons (Fsp3) is 0.583. The molecule has 8 heteroatoms. The molecular weight excluding hydrogens is 302 g/mol. The second-order valence-electron chi connectivity index (χ2n) is 5.01. The number of nitrogens with one attached hydrogen (secondary N) is 1. The smallest absolute Gasteiger partial charge is 0.340 e. The fourth-order valence-corrected chi connectivity index (χ4v) is 3.57. The molecule has 0 atom stereocenters. The highest BCUT2D eigenvalue weighted by Crippen LogP contribution is 2.27. The molecule has 0 saturated carbocycles. The number of carbonyl (C=O) groups is 1. The first kappa shape index (κ1) is 17.1. The summed E-state index contributed by atoms with van der Waals surface area (Å²) in [6.07, 6.45) is 1.88. The summed E-state index contributed by atoms with van der Waals surface area (Å²) in [4.78, 5) is 10.9. The van der Waals surface area contributed by atoms with E-state index in [2.05, 4.69) is 4.72 Å². The second-order valence-corrected chi connectivity index (χ2v) is 8.23. The molecule has 0 radical (unpaired) electrons. The van der Waals surface area contributed by atoms with Crippen molar-refractivity contribution in [2.75, 3.05) is 12.8 Å². The van der Waals surface area contributed by atoms with Crippen LogP contribution in [-0.2, 0) is 10.0 Å². The molecule has 6 nitrogen and oxygen atoms in total. The van der Waals surface area contributed by atoms with Crippen molar-refractivity contribution in [2.45, 2.75) is 37.3 Å². The van der Waals surface area contributed by atoms with Crippen molar-refractivity contribution in [1.29, 1.82) is 0 Å². The molecule has 1 aromatic heterocycles. The van der Waals surface area contributed by atoms with E-state index in [9.17, 15) is 13.2 Å². The molecule has 0 aromatic carbocycles. The Balaban J connectivity index is 3.20. The molecule has 0 saturated heterocycles. The van der Waals surface area contributed by atoms with Crippen LogP contribution >= 0.6 is 11.8 Å².